The third-order valence-corrected chi connectivity index (χ3v) is 6.41. The molecule has 0 aromatic rings. The van der Waals surface area contributed by atoms with Crippen LogP contribution in [0.2, 0.25) is 0 Å². The Morgan fingerprint density at radius 2 is 1.92 bits per heavy atom. The zero-order valence-electron chi connectivity index (χ0n) is 22.1. The van der Waals surface area contributed by atoms with E-state index in [0.717, 1.165) is 19.3 Å². The minimum absolute atomic E-state index is 0.00608. The van der Waals surface area contributed by atoms with Crippen LogP contribution in [0.4, 0.5) is 0 Å². The van der Waals surface area contributed by atoms with Crippen LogP contribution in [0.1, 0.15) is 78.6 Å². The number of nitrogens with zero attached hydrogens (tertiary/aromatic N) is 1. The van der Waals surface area contributed by atoms with Gasteiger partial charge in [-0.1, -0.05) is 38.0 Å². The highest BCUT2D eigenvalue weighted by atomic mass is 16.5. The topological polar surface area (TPSA) is 120 Å². The van der Waals surface area contributed by atoms with E-state index in [0.29, 0.717) is 32.1 Å². The number of carbonyl (C=O) groups excluding carboxylic acids is 4. The predicted molar refractivity (Wildman–Crippen MR) is 134 cm³/mol. The van der Waals surface area contributed by atoms with Crippen LogP contribution in [0.5, 0.6) is 0 Å². The van der Waals surface area contributed by atoms with E-state index in [9.17, 15) is 24.4 Å². The van der Waals surface area contributed by atoms with Crippen molar-refractivity contribution >= 4 is 23.7 Å². The summed E-state index contributed by atoms with van der Waals surface area (Å²) in [6.45, 7) is 5.29. The van der Waals surface area contributed by atoms with Crippen molar-refractivity contribution in [3.63, 3.8) is 0 Å². The smallest absolute Gasteiger partial charge is 0.323 e. The number of ketones is 1. The number of unbranched alkanes of at least 4 members (excludes halogenated alkanes) is 3. The maximum absolute atomic E-state index is 13.0. The number of hydrogen-bond acceptors (Lipinski definition) is 8. The zero-order valence-corrected chi connectivity index (χ0v) is 22.1. The summed E-state index contributed by atoms with van der Waals surface area (Å²) in [6, 6.07) is 2.05. The molecule has 1 aliphatic carbocycles. The molecule has 1 aliphatic rings. The lowest BCUT2D eigenvalue weighted by Crippen LogP contribution is -2.28. The second kappa shape index (κ2) is 17.5. The van der Waals surface area contributed by atoms with Gasteiger partial charge in [0.15, 0.2) is 0 Å². The van der Waals surface area contributed by atoms with Gasteiger partial charge in [-0.15, -0.1) is 0 Å². The van der Waals surface area contributed by atoms with Crippen LogP contribution in [-0.2, 0) is 33.4 Å². The molecule has 1 fully saturated rings. The normalized spacial score (nSPS) is 21.3. The van der Waals surface area contributed by atoms with Crippen molar-refractivity contribution in [3.8, 4) is 6.07 Å². The van der Waals surface area contributed by atoms with Gasteiger partial charge in [-0.2, -0.15) is 5.26 Å². The molecule has 0 aliphatic heterocycles. The number of Topliss-reactive ketones (excluding diaryl/α,β-unsaturated/α-hetero) is 1. The Labute approximate surface area is 215 Å². The molecule has 0 radical (unpaired) electrons. The molecule has 1 rings (SSSR count). The molecule has 8 heteroatoms. The first kappa shape index (κ1) is 31.1. The van der Waals surface area contributed by atoms with Crippen LogP contribution in [0, 0.1) is 35.0 Å². The van der Waals surface area contributed by atoms with Gasteiger partial charge in [0.25, 0.3) is 0 Å². The van der Waals surface area contributed by atoms with Gasteiger partial charge in [0.05, 0.1) is 19.8 Å². The van der Waals surface area contributed by atoms with Crippen LogP contribution in [0.25, 0.3) is 0 Å². The zero-order chi connectivity index (χ0) is 26.9. The van der Waals surface area contributed by atoms with E-state index in [1.54, 1.807) is 13.0 Å². The Kier molecular flexibility index (Phi) is 15.1. The molecule has 8 nitrogen and oxygen atoms in total. The van der Waals surface area contributed by atoms with E-state index in [4.69, 9.17) is 9.47 Å². The highest BCUT2D eigenvalue weighted by Crippen LogP contribution is 2.42. The summed E-state index contributed by atoms with van der Waals surface area (Å²) >= 11 is 0. The Morgan fingerprint density at radius 3 is 2.53 bits per heavy atom. The van der Waals surface area contributed by atoms with Gasteiger partial charge in [-0.3, -0.25) is 19.2 Å². The summed E-state index contributed by atoms with van der Waals surface area (Å²) in [5.74, 6) is -3.59. The van der Waals surface area contributed by atoms with E-state index in [1.807, 2.05) is 18.2 Å². The molecule has 200 valence electrons. The quantitative estimate of drug-likeness (QED) is 0.127. The van der Waals surface area contributed by atoms with Crippen LogP contribution in [0.15, 0.2) is 24.3 Å². The molecule has 0 saturated heterocycles. The molecule has 1 unspecified atom stereocenters. The average Bonchev–Trinajstić information content (AvgIpc) is 3.14. The van der Waals surface area contributed by atoms with Gasteiger partial charge in [0.2, 0.25) is 0 Å². The summed E-state index contributed by atoms with van der Waals surface area (Å²) in [5, 5.41) is 9.74. The second-order valence-electron chi connectivity index (χ2n) is 9.08. The van der Waals surface area contributed by atoms with Crippen LogP contribution in [-0.4, -0.2) is 43.5 Å². The van der Waals surface area contributed by atoms with Crippen LogP contribution >= 0.6 is 0 Å². The van der Waals surface area contributed by atoms with Crippen molar-refractivity contribution < 1.29 is 33.4 Å². The Hall–Kier alpha value is -2.95. The van der Waals surface area contributed by atoms with Crippen molar-refractivity contribution in [2.24, 2.45) is 23.7 Å². The molecule has 0 aromatic carbocycles. The highest BCUT2D eigenvalue weighted by Gasteiger charge is 2.46. The first-order chi connectivity index (χ1) is 17.3. The Balaban J connectivity index is 3.08. The van der Waals surface area contributed by atoms with Gasteiger partial charge in [0.1, 0.15) is 17.8 Å². The molecular weight excluding hydrogens is 462 g/mol. The van der Waals surface area contributed by atoms with Crippen molar-refractivity contribution in [3.05, 3.63) is 24.3 Å². The fourth-order valence-corrected chi connectivity index (χ4v) is 4.58. The van der Waals surface area contributed by atoms with E-state index in [2.05, 4.69) is 17.7 Å². The maximum Gasteiger partial charge on any atom is 0.323 e. The van der Waals surface area contributed by atoms with Crippen molar-refractivity contribution in [2.45, 2.75) is 84.7 Å². The maximum atomic E-state index is 13.0. The Bertz CT molecular complexity index is 826. The molecule has 1 saturated carbocycles. The first-order valence-electron chi connectivity index (χ1n) is 12.9. The number of allylic oxidation sites excluding steroid dienone is 3. The van der Waals surface area contributed by atoms with Crippen molar-refractivity contribution in [1.82, 2.24) is 0 Å². The number of hydrogen-bond donors (Lipinski definition) is 0. The third-order valence-electron chi connectivity index (χ3n) is 6.41. The fourth-order valence-electron chi connectivity index (χ4n) is 4.58. The Morgan fingerprint density at radius 1 is 1.17 bits per heavy atom. The summed E-state index contributed by atoms with van der Waals surface area (Å²) in [4.78, 5) is 48.4. The van der Waals surface area contributed by atoms with Crippen LogP contribution < -0.4 is 0 Å². The molecule has 0 N–H and O–H groups in total. The molecular formula is C28H41NO7. The number of carbonyl (C=O) groups is 4. The molecule has 0 amide bonds. The minimum atomic E-state index is -1.05. The van der Waals surface area contributed by atoms with Gasteiger partial charge in [-0.25, -0.2) is 0 Å². The van der Waals surface area contributed by atoms with Crippen molar-refractivity contribution in [2.75, 3.05) is 13.7 Å². The number of esters is 3. The summed E-state index contributed by atoms with van der Waals surface area (Å²) in [5.41, 5.74) is 0. The lowest BCUT2D eigenvalue weighted by atomic mass is 9.80. The molecule has 0 heterocycles. The average molecular weight is 504 g/mol. The SMILES string of the molecule is CCCCC[C@@H](/C=C/[C@@H]1[C@@H](C/C=C\CCCC(=O)OC)C(=O)C[C@H]1C(C#N)C(=O)OCC)OC(C)=O. The molecule has 0 aromatic heterocycles. The lowest BCUT2D eigenvalue weighted by Gasteiger charge is -2.23. The molecule has 5 atom stereocenters. The second-order valence-corrected chi connectivity index (χ2v) is 9.08. The number of ether oxygens (including phenoxy) is 3. The summed E-state index contributed by atoms with van der Waals surface area (Å²) in [7, 11) is 1.36. The van der Waals surface area contributed by atoms with E-state index in [-0.39, 0.29) is 36.7 Å². The molecule has 0 bridgehead atoms. The molecule has 36 heavy (non-hydrogen) atoms. The van der Waals surface area contributed by atoms with Gasteiger partial charge in [0, 0.05) is 25.7 Å². The standard InChI is InChI=1S/C28H41NO7/c1-5-7-10-13-21(36-20(3)30)16-17-22-23(14-11-8-9-12-15-27(32)34-4)26(31)18-24(22)25(19-29)28(33)35-6-2/h8,11,16-17,21-25H,5-7,9-10,12-15,18H2,1-4H3/b11-8-,17-16+/t21-,22+,23+,24+,25?/m0/s1. The monoisotopic (exact) mass is 503 g/mol. The fraction of sp³-hybridized carbons (Fsp3) is 0.679. The summed E-state index contributed by atoms with van der Waals surface area (Å²) in [6.07, 6.45) is 12.9. The number of rotatable bonds is 16. The largest absolute Gasteiger partial charge is 0.469 e. The van der Waals surface area contributed by atoms with E-state index >= 15 is 0 Å². The lowest BCUT2D eigenvalue weighted by molar-refractivity contribution is -0.148. The van der Waals surface area contributed by atoms with E-state index < -0.39 is 29.8 Å². The predicted octanol–water partition coefficient (Wildman–Crippen LogP) is 4.87. The van der Waals surface area contributed by atoms with E-state index in [1.165, 1.54) is 14.0 Å². The van der Waals surface area contributed by atoms with Crippen LogP contribution in [0.3, 0.4) is 0 Å². The van der Waals surface area contributed by atoms with Gasteiger partial charge >= 0.3 is 17.9 Å². The first-order valence-corrected chi connectivity index (χ1v) is 12.9. The molecule has 0 spiro atoms. The highest BCUT2D eigenvalue weighted by molar-refractivity contribution is 5.86. The minimum Gasteiger partial charge on any atom is -0.469 e. The number of methoxy groups -OCH3 is 1. The van der Waals surface area contributed by atoms with Gasteiger partial charge in [-0.05, 0) is 56.9 Å². The van der Waals surface area contributed by atoms with Gasteiger partial charge < -0.3 is 14.2 Å². The summed E-state index contributed by atoms with van der Waals surface area (Å²) < 4.78 is 15.2. The third kappa shape index (κ3) is 10.8. The number of nitriles is 1. The van der Waals surface area contributed by atoms with Crippen molar-refractivity contribution in [1.29, 1.82) is 5.26 Å².